The molecule has 6 nitrogen and oxygen atoms in total. The summed E-state index contributed by atoms with van der Waals surface area (Å²) in [5.41, 5.74) is 1.41. The predicted molar refractivity (Wildman–Crippen MR) is 102 cm³/mol. The van der Waals surface area contributed by atoms with Gasteiger partial charge in [0.15, 0.2) is 0 Å². The van der Waals surface area contributed by atoms with Crippen LogP contribution in [0.2, 0.25) is 0 Å². The Balaban J connectivity index is 1.55. The fraction of sp³-hybridized carbons (Fsp3) is 0.263. The number of amides is 1. The van der Waals surface area contributed by atoms with E-state index in [-0.39, 0.29) is 11.3 Å². The molecule has 1 aliphatic rings. The van der Waals surface area contributed by atoms with Crippen LogP contribution in [0.1, 0.15) is 24.0 Å². The minimum Gasteiger partial charge on any atom is -0.493 e. The van der Waals surface area contributed by atoms with Gasteiger partial charge in [-0.1, -0.05) is 0 Å². The van der Waals surface area contributed by atoms with Crippen LogP contribution in [0.5, 0.6) is 5.75 Å². The van der Waals surface area contributed by atoms with Crippen molar-refractivity contribution in [3.05, 3.63) is 53.6 Å². The summed E-state index contributed by atoms with van der Waals surface area (Å²) in [5.74, 6) is 0.584. The Morgan fingerprint density at radius 1 is 1.22 bits per heavy atom. The standard InChI is InChI=1S/C19H18N2O4S2/c20-13-14-3-5-16(6-4-14)26-11-9-19(22)21-27(23,24)17-7-8-18-15(12-17)2-1-10-25-18/h3-8,12H,1-2,9-11H2,(H,21,22). The molecule has 3 rings (SSSR count). The average molecular weight is 402 g/mol. The topological polar surface area (TPSA) is 96.3 Å². The lowest BCUT2D eigenvalue weighted by atomic mass is 10.1. The van der Waals surface area contributed by atoms with Gasteiger partial charge in [0.1, 0.15) is 5.75 Å². The number of ether oxygens (including phenoxy) is 1. The number of nitrogens with zero attached hydrogens (tertiary/aromatic N) is 1. The number of carbonyl (C=O) groups is 1. The molecule has 0 atom stereocenters. The van der Waals surface area contributed by atoms with Crippen molar-refractivity contribution in [2.45, 2.75) is 29.1 Å². The van der Waals surface area contributed by atoms with Gasteiger partial charge < -0.3 is 4.74 Å². The van der Waals surface area contributed by atoms with Gasteiger partial charge in [-0.3, -0.25) is 4.79 Å². The third-order valence-electron chi connectivity index (χ3n) is 4.02. The van der Waals surface area contributed by atoms with E-state index in [1.54, 1.807) is 36.4 Å². The molecule has 0 aromatic heterocycles. The van der Waals surface area contributed by atoms with Gasteiger partial charge in [0.2, 0.25) is 5.91 Å². The Labute approximate surface area is 162 Å². The van der Waals surface area contributed by atoms with Gasteiger partial charge in [-0.15, -0.1) is 11.8 Å². The number of aryl methyl sites for hydroxylation is 1. The zero-order chi connectivity index (χ0) is 19.3. The Bertz CT molecular complexity index is 980. The SMILES string of the molecule is N#Cc1ccc(SCCC(=O)NS(=O)(=O)c2ccc3c(c2)CCCO3)cc1. The van der Waals surface area contributed by atoms with Crippen LogP contribution in [0, 0.1) is 11.3 Å². The van der Waals surface area contributed by atoms with Crippen molar-refractivity contribution in [1.82, 2.24) is 4.72 Å². The first kappa shape index (κ1) is 19.3. The van der Waals surface area contributed by atoms with Crippen LogP contribution in [0.3, 0.4) is 0 Å². The second kappa shape index (κ2) is 8.46. The van der Waals surface area contributed by atoms with E-state index >= 15 is 0 Å². The van der Waals surface area contributed by atoms with Crippen molar-refractivity contribution in [1.29, 1.82) is 5.26 Å². The monoisotopic (exact) mass is 402 g/mol. The maximum atomic E-state index is 12.4. The molecule has 8 heteroatoms. The van der Waals surface area contributed by atoms with Gasteiger partial charge in [0.25, 0.3) is 10.0 Å². The molecule has 0 spiro atoms. The summed E-state index contributed by atoms with van der Waals surface area (Å²) < 4.78 is 32.4. The smallest absolute Gasteiger partial charge is 0.264 e. The van der Waals surface area contributed by atoms with E-state index < -0.39 is 15.9 Å². The highest BCUT2D eigenvalue weighted by Crippen LogP contribution is 2.27. The third kappa shape index (κ3) is 5.02. The molecule has 0 radical (unpaired) electrons. The van der Waals surface area contributed by atoms with Gasteiger partial charge >= 0.3 is 0 Å². The van der Waals surface area contributed by atoms with Crippen molar-refractivity contribution < 1.29 is 17.9 Å². The molecule has 0 saturated carbocycles. The van der Waals surface area contributed by atoms with Crippen LogP contribution < -0.4 is 9.46 Å². The van der Waals surface area contributed by atoms with E-state index in [1.165, 1.54) is 17.8 Å². The summed E-state index contributed by atoms with van der Waals surface area (Å²) >= 11 is 1.43. The normalized spacial score (nSPS) is 13.1. The van der Waals surface area contributed by atoms with Gasteiger partial charge in [-0.25, -0.2) is 13.1 Å². The van der Waals surface area contributed by atoms with Crippen molar-refractivity contribution in [2.75, 3.05) is 12.4 Å². The highest BCUT2D eigenvalue weighted by atomic mass is 32.2. The van der Waals surface area contributed by atoms with Crippen LogP contribution in [-0.4, -0.2) is 26.7 Å². The number of sulfonamides is 1. The summed E-state index contributed by atoms with van der Waals surface area (Å²) in [6.45, 7) is 0.632. The largest absolute Gasteiger partial charge is 0.493 e. The summed E-state index contributed by atoms with van der Waals surface area (Å²) in [6.07, 6.45) is 1.67. The third-order valence-corrected chi connectivity index (χ3v) is 6.40. The number of nitriles is 1. The average Bonchev–Trinajstić information content (AvgIpc) is 2.67. The summed E-state index contributed by atoms with van der Waals surface area (Å²) in [6, 6.07) is 13.7. The molecule has 2 aromatic rings. The van der Waals surface area contributed by atoms with Crippen molar-refractivity contribution in [3.8, 4) is 11.8 Å². The molecular weight excluding hydrogens is 384 g/mol. The van der Waals surface area contributed by atoms with E-state index in [0.29, 0.717) is 23.7 Å². The first-order valence-corrected chi connectivity index (χ1v) is 10.9. The fourth-order valence-corrected chi connectivity index (χ4v) is 4.57. The molecule has 1 amide bonds. The van der Waals surface area contributed by atoms with Crippen LogP contribution in [0.25, 0.3) is 0 Å². The van der Waals surface area contributed by atoms with Crippen LogP contribution in [0.15, 0.2) is 52.3 Å². The van der Waals surface area contributed by atoms with Gasteiger partial charge in [0, 0.05) is 17.1 Å². The van der Waals surface area contributed by atoms with Crippen molar-refractivity contribution in [3.63, 3.8) is 0 Å². The molecule has 140 valence electrons. The summed E-state index contributed by atoms with van der Waals surface area (Å²) in [4.78, 5) is 13.0. The first-order valence-electron chi connectivity index (χ1n) is 8.42. The Hall–Kier alpha value is -2.50. The first-order chi connectivity index (χ1) is 13.0. The predicted octanol–water partition coefficient (Wildman–Crippen LogP) is 2.87. The molecule has 1 aliphatic heterocycles. The minimum atomic E-state index is -3.90. The van der Waals surface area contributed by atoms with E-state index in [0.717, 1.165) is 23.3 Å². The van der Waals surface area contributed by atoms with Crippen molar-refractivity contribution >= 4 is 27.7 Å². The number of fused-ring (bicyclic) bond motifs is 1. The van der Waals surface area contributed by atoms with E-state index in [4.69, 9.17) is 10.00 Å². The van der Waals surface area contributed by atoms with Crippen molar-refractivity contribution in [2.24, 2.45) is 0 Å². The Morgan fingerprint density at radius 3 is 2.74 bits per heavy atom. The lowest BCUT2D eigenvalue weighted by molar-refractivity contribution is -0.118. The number of carbonyl (C=O) groups excluding carboxylic acids is 1. The lowest BCUT2D eigenvalue weighted by Crippen LogP contribution is -2.30. The Morgan fingerprint density at radius 2 is 2.00 bits per heavy atom. The second-order valence-corrected chi connectivity index (χ2v) is 8.84. The van der Waals surface area contributed by atoms with E-state index in [2.05, 4.69) is 4.72 Å². The number of thioether (sulfide) groups is 1. The maximum absolute atomic E-state index is 12.4. The van der Waals surface area contributed by atoms with Crippen LogP contribution in [-0.2, 0) is 21.2 Å². The highest BCUT2D eigenvalue weighted by molar-refractivity contribution is 7.99. The van der Waals surface area contributed by atoms with Gasteiger partial charge in [0.05, 0.1) is 23.1 Å². The number of rotatable bonds is 6. The lowest BCUT2D eigenvalue weighted by Gasteiger charge is -2.18. The molecule has 1 N–H and O–H groups in total. The molecular formula is C19H18N2O4S2. The summed E-state index contributed by atoms with van der Waals surface area (Å²) in [7, 11) is -3.90. The maximum Gasteiger partial charge on any atom is 0.264 e. The number of benzene rings is 2. The molecule has 0 bridgehead atoms. The second-order valence-electron chi connectivity index (χ2n) is 5.98. The van der Waals surface area contributed by atoms with E-state index in [1.807, 2.05) is 6.07 Å². The fourth-order valence-electron chi connectivity index (χ4n) is 2.65. The zero-order valence-corrected chi connectivity index (χ0v) is 16.1. The number of hydrogen-bond acceptors (Lipinski definition) is 6. The molecule has 0 unspecified atom stereocenters. The summed E-state index contributed by atoms with van der Waals surface area (Å²) in [5, 5.41) is 8.77. The zero-order valence-electron chi connectivity index (χ0n) is 14.5. The molecule has 0 aliphatic carbocycles. The molecule has 0 saturated heterocycles. The molecule has 27 heavy (non-hydrogen) atoms. The molecule has 2 aromatic carbocycles. The minimum absolute atomic E-state index is 0.0674. The molecule has 0 fully saturated rings. The molecule has 1 heterocycles. The van der Waals surface area contributed by atoms with Gasteiger partial charge in [-0.2, -0.15) is 5.26 Å². The Kier molecular flexibility index (Phi) is 6.04. The van der Waals surface area contributed by atoms with Crippen LogP contribution in [0.4, 0.5) is 0 Å². The van der Waals surface area contributed by atoms with Crippen LogP contribution >= 0.6 is 11.8 Å². The number of hydrogen-bond donors (Lipinski definition) is 1. The quantitative estimate of drug-likeness (QED) is 0.747. The number of nitrogens with one attached hydrogen (secondary N) is 1. The highest BCUT2D eigenvalue weighted by Gasteiger charge is 2.20. The van der Waals surface area contributed by atoms with Gasteiger partial charge in [-0.05, 0) is 60.9 Å². The van der Waals surface area contributed by atoms with E-state index in [9.17, 15) is 13.2 Å².